The van der Waals surface area contributed by atoms with Gasteiger partial charge in [0, 0.05) is 13.2 Å². The van der Waals surface area contributed by atoms with Gasteiger partial charge in [0.2, 0.25) is 5.91 Å². The summed E-state index contributed by atoms with van der Waals surface area (Å²) in [5.41, 5.74) is 4.97. The fourth-order valence-electron chi connectivity index (χ4n) is 2.75. The van der Waals surface area contributed by atoms with Crippen LogP contribution >= 0.6 is 0 Å². The average molecular weight is 299 g/mol. The third kappa shape index (κ3) is 5.19. The van der Waals surface area contributed by atoms with Crippen LogP contribution in [0.2, 0.25) is 0 Å². The lowest BCUT2D eigenvalue weighted by Gasteiger charge is -2.29. The quantitative estimate of drug-likeness (QED) is 0.167. The summed E-state index contributed by atoms with van der Waals surface area (Å²) in [7, 11) is 0. The number of carbonyl (C=O) groups excluding carboxylic acids is 1. The molecule has 0 aliphatic heterocycles. The van der Waals surface area contributed by atoms with Gasteiger partial charge >= 0.3 is 0 Å². The van der Waals surface area contributed by atoms with Crippen molar-refractivity contribution in [3.05, 3.63) is 0 Å². The second-order valence-electron chi connectivity index (χ2n) is 6.21. The van der Waals surface area contributed by atoms with Crippen LogP contribution in [0.25, 0.3) is 0 Å². The van der Waals surface area contributed by atoms with Crippen LogP contribution < -0.4 is 11.1 Å². The van der Waals surface area contributed by atoms with Gasteiger partial charge in [0.15, 0.2) is 5.84 Å². The van der Waals surface area contributed by atoms with Crippen molar-refractivity contribution in [1.29, 1.82) is 0 Å². The first-order chi connectivity index (χ1) is 10.0. The van der Waals surface area contributed by atoms with Crippen molar-refractivity contribution in [3.63, 3.8) is 0 Å². The van der Waals surface area contributed by atoms with Crippen LogP contribution in [0.15, 0.2) is 5.16 Å². The summed E-state index contributed by atoms with van der Waals surface area (Å²) in [5, 5.41) is 15.0. The molecule has 0 saturated heterocycles. The molecule has 0 aromatic rings. The zero-order valence-electron chi connectivity index (χ0n) is 13.2. The Morgan fingerprint density at radius 3 is 2.48 bits per heavy atom. The number of hydrogen-bond donors (Lipinski definition) is 3. The summed E-state index contributed by atoms with van der Waals surface area (Å²) in [6.07, 6.45) is 5.31. The summed E-state index contributed by atoms with van der Waals surface area (Å²) in [6.45, 7) is 5.78. The number of amidine groups is 1. The van der Waals surface area contributed by atoms with Gasteiger partial charge in [0.1, 0.15) is 5.41 Å². The summed E-state index contributed by atoms with van der Waals surface area (Å²) in [6, 6.07) is 0. The normalized spacial score (nSPS) is 19.3. The van der Waals surface area contributed by atoms with Crippen LogP contribution in [-0.4, -0.2) is 36.7 Å². The van der Waals surface area contributed by atoms with E-state index in [-0.39, 0.29) is 11.7 Å². The molecule has 1 rings (SSSR count). The predicted molar refractivity (Wildman–Crippen MR) is 82.2 cm³/mol. The third-order valence-electron chi connectivity index (χ3n) is 3.97. The molecular weight excluding hydrogens is 270 g/mol. The summed E-state index contributed by atoms with van der Waals surface area (Å²) < 4.78 is 5.45. The van der Waals surface area contributed by atoms with E-state index in [2.05, 4.69) is 24.3 Å². The first-order valence-corrected chi connectivity index (χ1v) is 7.87. The minimum absolute atomic E-state index is 0.0324. The van der Waals surface area contributed by atoms with Crippen LogP contribution in [0.4, 0.5) is 0 Å². The number of nitrogens with zero attached hydrogens (tertiary/aromatic N) is 1. The van der Waals surface area contributed by atoms with Crippen molar-refractivity contribution < 1.29 is 14.7 Å². The van der Waals surface area contributed by atoms with E-state index < -0.39 is 5.41 Å². The average Bonchev–Trinajstić information content (AvgIpc) is 2.72. The van der Waals surface area contributed by atoms with Crippen molar-refractivity contribution in [2.75, 3.05) is 19.8 Å². The van der Waals surface area contributed by atoms with E-state index in [1.165, 1.54) is 0 Å². The highest BCUT2D eigenvalue weighted by molar-refractivity contribution is 6.06. The minimum atomic E-state index is -0.858. The van der Waals surface area contributed by atoms with Gasteiger partial charge < -0.3 is 21.0 Å². The van der Waals surface area contributed by atoms with Crippen molar-refractivity contribution in [2.24, 2.45) is 22.2 Å². The molecule has 1 aliphatic carbocycles. The lowest BCUT2D eigenvalue weighted by Crippen LogP contribution is -2.50. The molecule has 0 unspecified atom stereocenters. The first kappa shape index (κ1) is 17.8. The molecule has 1 fully saturated rings. The van der Waals surface area contributed by atoms with Crippen LogP contribution in [-0.2, 0) is 9.53 Å². The molecule has 0 spiro atoms. The lowest BCUT2D eigenvalue weighted by molar-refractivity contribution is -0.128. The van der Waals surface area contributed by atoms with Crippen molar-refractivity contribution in [3.8, 4) is 0 Å². The molecule has 1 saturated carbocycles. The molecule has 0 heterocycles. The van der Waals surface area contributed by atoms with E-state index >= 15 is 0 Å². The number of amides is 1. The number of rotatable bonds is 7. The number of hydrogen-bond acceptors (Lipinski definition) is 4. The number of carbonyl (C=O) groups is 1. The zero-order valence-corrected chi connectivity index (χ0v) is 13.2. The van der Waals surface area contributed by atoms with Gasteiger partial charge in [-0.15, -0.1) is 0 Å². The molecule has 0 bridgehead atoms. The number of ether oxygens (including phenoxy) is 1. The standard InChI is InChI=1S/C15H29N3O3/c1-12(2)11-21-10-9-17-14(19)15(13(16)18-20)7-5-3-4-6-8-15/h12,20H,3-11H2,1-2H3,(H2,16,18)(H,17,19). The van der Waals surface area contributed by atoms with Crippen LogP contribution in [0, 0.1) is 11.3 Å². The Kier molecular flexibility index (Phi) is 7.50. The molecule has 122 valence electrons. The second-order valence-corrected chi connectivity index (χ2v) is 6.21. The largest absolute Gasteiger partial charge is 0.409 e. The lowest BCUT2D eigenvalue weighted by atomic mass is 9.78. The fraction of sp³-hybridized carbons (Fsp3) is 0.867. The number of nitrogens with two attached hydrogens (primary N) is 1. The van der Waals surface area contributed by atoms with E-state index in [0.717, 1.165) is 25.7 Å². The third-order valence-corrected chi connectivity index (χ3v) is 3.97. The van der Waals surface area contributed by atoms with E-state index in [1.54, 1.807) is 0 Å². The monoisotopic (exact) mass is 299 g/mol. The van der Waals surface area contributed by atoms with Gasteiger partial charge in [0.05, 0.1) is 6.61 Å². The highest BCUT2D eigenvalue weighted by atomic mass is 16.5. The zero-order chi connectivity index (χ0) is 15.7. The van der Waals surface area contributed by atoms with Gasteiger partial charge in [-0.2, -0.15) is 0 Å². The summed E-state index contributed by atoms with van der Waals surface area (Å²) >= 11 is 0. The molecule has 0 atom stereocenters. The minimum Gasteiger partial charge on any atom is -0.409 e. The van der Waals surface area contributed by atoms with Crippen molar-refractivity contribution in [1.82, 2.24) is 5.32 Å². The topological polar surface area (TPSA) is 96.9 Å². The molecular formula is C15H29N3O3. The van der Waals surface area contributed by atoms with Crippen LogP contribution in [0.5, 0.6) is 0 Å². The highest BCUT2D eigenvalue weighted by Gasteiger charge is 2.42. The Bertz CT molecular complexity index is 348. The van der Waals surface area contributed by atoms with Gasteiger partial charge in [-0.1, -0.05) is 44.7 Å². The molecule has 1 aliphatic rings. The van der Waals surface area contributed by atoms with E-state index in [1.807, 2.05) is 0 Å². The SMILES string of the molecule is CC(C)COCCNC(=O)C1(C(N)=NO)CCCCCC1. The molecule has 21 heavy (non-hydrogen) atoms. The Hall–Kier alpha value is -1.30. The molecule has 0 radical (unpaired) electrons. The Morgan fingerprint density at radius 2 is 1.95 bits per heavy atom. The second kappa shape index (κ2) is 8.87. The molecule has 6 heteroatoms. The van der Waals surface area contributed by atoms with E-state index in [0.29, 0.717) is 38.5 Å². The van der Waals surface area contributed by atoms with E-state index in [9.17, 15) is 4.79 Å². The molecule has 0 aromatic carbocycles. The van der Waals surface area contributed by atoms with E-state index in [4.69, 9.17) is 15.7 Å². The summed E-state index contributed by atoms with van der Waals surface area (Å²) in [5.74, 6) is 0.365. The van der Waals surface area contributed by atoms with Gasteiger partial charge in [-0.3, -0.25) is 4.79 Å². The maximum atomic E-state index is 12.5. The predicted octanol–water partition coefficient (Wildman–Crippen LogP) is 1.86. The van der Waals surface area contributed by atoms with Crippen molar-refractivity contribution >= 4 is 11.7 Å². The molecule has 0 aromatic heterocycles. The molecule has 4 N–H and O–H groups in total. The maximum Gasteiger partial charge on any atom is 0.234 e. The fourth-order valence-corrected chi connectivity index (χ4v) is 2.75. The maximum absolute atomic E-state index is 12.5. The number of oxime groups is 1. The van der Waals surface area contributed by atoms with Crippen LogP contribution in [0.3, 0.4) is 0 Å². The Labute approximate surface area is 127 Å². The van der Waals surface area contributed by atoms with Gasteiger partial charge in [-0.05, 0) is 18.8 Å². The summed E-state index contributed by atoms with van der Waals surface area (Å²) in [4.78, 5) is 12.5. The highest BCUT2D eigenvalue weighted by Crippen LogP contribution is 2.35. The van der Waals surface area contributed by atoms with Crippen molar-refractivity contribution in [2.45, 2.75) is 52.4 Å². The van der Waals surface area contributed by atoms with Gasteiger partial charge in [-0.25, -0.2) is 0 Å². The molecule has 1 amide bonds. The first-order valence-electron chi connectivity index (χ1n) is 7.87. The van der Waals surface area contributed by atoms with Crippen LogP contribution in [0.1, 0.15) is 52.4 Å². The smallest absolute Gasteiger partial charge is 0.234 e. The van der Waals surface area contributed by atoms with Gasteiger partial charge in [0.25, 0.3) is 0 Å². The number of nitrogens with one attached hydrogen (secondary N) is 1. The molecule has 6 nitrogen and oxygen atoms in total. The Morgan fingerprint density at radius 1 is 1.33 bits per heavy atom. The Balaban J connectivity index is 2.56.